The Labute approximate surface area is 213 Å². The number of carbonyl (C=O) groups is 1. The van der Waals surface area contributed by atoms with Crippen LogP contribution in [0.15, 0.2) is 43.0 Å². The summed E-state index contributed by atoms with van der Waals surface area (Å²) in [5, 5.41) is 15.5. The largest absolute Gasteiger partial charge is 0.389 e. The van der Waals surface area contributed by atoms with Crippen molar-refractivity contribution in [1.29, 1.82) is 0 Å². The molecule has 0 unspecified atom stereocenters. The third kappa shape index (κ3) is 4.63. The summed E-state index contributed by atoms with van der Waals surface area (Å²) in [7, 11) is 0. The van der Waals surface area contributed by atoms with E-state index in [0.717, 1.165) is 58.9 Å². The molecule has 2 aliphatic rings. The number of anilines is 2. The Morgan fingerprint density at radius 3 is 2.84 bits per heavy atom. The van der Waals surface area contributed by atoms with Gasteiger partial charge in [0.25, 0.3) is 0 Å². The average molecular weight is 505 g/mol. The summed E-state index contributed by atoms with van der Waals surface area (Å²) in [6.07, 6.45) is 8.12. The van der Waals surface area contributed by atoms with Crippen LogP contribution in [0.3, 0.4) is 0 Å². The monoisotopic (exact) mass is 504 g/mol. The minimum absolute atomic E-state index is 0.122. The third-order valence-corrected chi connectivity index (χ3v) is 7.01. The number of hydroxylamine groups is 2. The van der Waals surface area contributed by atoms with Gasteiger partial charge in [0.05, 0.1) is 32.0 Å². The number of aliphatic hydroxyl groups excluding tert-OH is 1. The second-order valence-electron chi connectivity index (χ2n) is 9.84. The summed E-state index contributed by atoms with van der Waals surface area (Å²) in [6.45, 7) is 5.96. The van der Waals surface area contributed by atoms with E-state index in [1.54, 1.807) is 9.63 Å². The first-order valence-corrected chi connectivity index (χ1v) is 12.6. The summed E-state index contributed by atoms with van der Waals surface area (Å²) in [4.78, 5) is 26.9. The number of rotatable bonds is 8. The van der Waals surface area contributed by atoms with E-state index in [-0.39, 0.29) is 30.1 Å². The lowest BCUT2D eigenvalue weighted by Crippen LogP contribution is -2.20. The number of hydrogen-bond acceptors (Lipinski definition) is 7. The van der Waals surface area contributed by atoms with Crippen molar-refractivity contribution in [3.05, 3.63) is 65.5 Å². The van der Waals surface area contributed by atoms with Crippen LogP contribution < -0.4 is 5.32 Å². The summed E-state index contributed by atoms with van der Waals surface area (Å²) >= 11 is 0. The first kappa shape index (κ1) is 23.8. The number of nitrogens with zero attached hydrogens (tertiary/aromatic N) is 5. The maximum atomic E-state index is 14.8. The highest BCUT2D eigenvalue weighted by Gasteiger charge is 2.32. The fourth-order valence-electron chi connectivity index (χ4n) is 4.85. The highest BCUT2D eigenvalue weighted by atomic mass is 19.1. The zero-order valence-corrected chi connectivity index (χ0v) is 20.8. The lowest BCUT2D eigenvalue weighted by Gasteiger charge is -2.12. The quantitative estimate of drug-likeness (QED) is 0.348. The van der Waals surface area contributed by atoms with Gasteiger partial charge < -0.3 is 19.6 Å². The molecule has 0 amide bonds. The van der Waals surface area contributed by atoms with Gasteiger partial charge in [-0.2, -0.15) is 10.0 Å². The molecule has 0 spiro atoms. The van der Waals surface area contributed by atoms with Crippen molar-refractivity contribution in [1.82, 2.24) is 24.2 Å². The molecule has 1 aliphatic carbocycles. The number of aliphatic hydroxyl groups is 1. The molecule has 1 aliphatic heterocycles. The van der Waals surface area contributed by atoms with Gasteiger partial charge in [-0.15, -0.1) is 0 Å². The number of aromatic nitrogens is 4. The Morgan fingerprint density at radius 2 is 2.11 bits per heavy atom. The van der Waals surface area contributed by atoms with Crippen LogP contribution >= 0.6 is 0 Å². The number of fused-ring (bicyclic) bond motifs is 1. The number of hydrogen-bond donors (Lipinski definition) is 2. The Bertz CT molecular complexity index is 1490. The van der Waals surface area contributed by atoms with Gasteiger partial charge in [0, 0.05) is 53.2 Å². The number of Topliss-reactive ketones (excluding diaryl/α,β-unsaturated/α-hetero) is 1. The first-order valence-electron chi connectivity index (χ1n) is 12.6. The van der Waals surface area contributed by atoms with E-state index in [2.05, 4.69) is 26.8 Å². The SMILES string of the molecule is CCn1cc(C(=O)C2CC2)c2cc(Nc3ncc(F)c(-n4cc(C)c(CN5C[C@H](O)CO5)c4)n3)ccc21. The van der Waals surface area contributed by atoms with Crippen LogP contribution in [-0.4, -0.2) is 54.3 Å². The number of carbonyl (C=O) groups excluding carboxylic acids is 1. The molecule has 0 radical (unpaired) electrons. The number of halogens is 1. The normalized spacial score (nSPS) is 18.1. The van der Waals surface area contributed by atoms with E-state index in [4.69, 9.17) is 4.84 Å². The predicted molar refractivity (Wildman–Crippen MR) is 136 cm³/mol. The van der Waals surface area contributed by atoms with Crippen molar-refractivity contribution >= 4 is 28.3 Å². The fraction of sp³-hybridized carbons (Fsp3) is 0.370. The molecular weight excluding hydrogens is 475 g/mol. The lowest BCUT2D eigenvalue weighted by atomic mass is 10.1. The lowest BCUT2D eigenvalue weighted by molar-refractivity contribution is -0.118. The number of benzene rings is 1. The van der Waals surface area contributed by atoms with Gasteiger partial charge in [-0.25, -0.2) is 9.37 Å². The maximum Gasteiger partial charge on any atom is 0.229 e. The van der Waals surface area contributed by atoms with Crippen molar-refractivity contribution in [2.45, 2.75) is 45.9 Å². The fourth-order valence-corrected chi connectivity index (χ4v) is 4.85. The molecule has 4 aromatic rings. The van der Waals surface area contributed by atoms with Gasteiger partial charge in [0.2, 0.25) is 5.95 Å². The van der Waals surface area contributed by atoms with E-state index in [1.165, 1.54) is 0 Å². The smallest absolute Gasteiger partial charge is 0.229 e. The summed E-state index contributed by atoms with van der Waals surface area (Å²) in [5.41, 5.74) is 4.37. The Kier molecular flexibility index (Phi) is 6.02. The van der Waals surface area contributed by atoms with Crippen LogP contribution in [0.5, 0.6) is 0 Å². The molecule has 4 heterocycles. The zero-order valence-electron chi connectivity index (χ0n) is 20.8. The van der Waals surface area contributed by atoms with Crippen LogP contribution in [0, 0.1) is 18.7 Å². The van der Waals surface area contributed by atoms with Crippen LogP contribution in [0.4, 0.5) is 16.0 Å². The molecule has 3 aromatic heterocycles. The maximum absolute atomic E-state index is 14.8. The average Bonchev–Trinajstić information content (AvgIpc) is 3.43. The van der Waals surface area contributed by atoms with Crippen LogP contribution in [0.1, 0.15) is 41.3 Å². The van der Waals surface area contributed by atoms with E-state index in [0.29, 0.717) is 13.1 Å². The molecule has 192 valence electrons. The van der Waals surface area contributed by atoms with Crippen molar-refractivity contribution in [3.8, 4) is 5.82 Å². The van der Waals surface area contributed by atoms with E-state index < -0.39 is 11.9 Å². The Hall–Kier alpha value is -3.60. The second kappa shape index (κ2) is 9.37. The topological polar surface area (TPSA) is 97.4 Å². The molecule has 6 rings (SSSR count). The van der Waals surface area contributed by atoms with Crippen molar-refractivity contribution in [3.63, 3.8) is 0 Å². The zero-order chi connectivity index (χ0) is 25.7. The second-order valence-corrected chi connectivity index (χ2v) is 9.84. The van der Waals surface area contributed by atoms with Gasteiger partial charge in [0.1, 0.15) is 0 Å². The first-order chi connectivity index (χ1) is 17.9. The minimum atomic E-state index is -0.548. The molecule has 0 bridgehead atoms. The number of β-amino-alcohol motifs (C(OH)–C–C–N with tert-alkyl or cyclic N) is 1. The minimum Gasteiger partial charge on any atom is -0.389 e. The van der Waals surface area contributed by atoms with E-state index in [1.807, 2.05) is 43.7 Å². The standard InChI is InChI=1S/C27H29FN6O3/c1-3-32-14-22(25(36)17-4-5-17)21-8-19(6-7-24(21)32)30-27-29-9-23(28)26(31-27)33-10-16(2)18(11-33)12-34-13-20(35)15-37-34/h6-11,14,17,20,35H,3-5,12-13,15H2,1-2H3,(H,29,30,31)/t20-/m0/s1. The molecular formula is C27H29FN6O3. The summed E-state index contributed by atoms with van der Waals surface area (Å²) < 4.78 is 18.5. The van der Waals surface area contributed by atoms with Gasteiger partial charge in [-0.05, 0) is 56.0 Å². The third-order valence-electron chi connectivity index (χ3n) is 7.01. The van der Waals surface area contributed by atoms with Crippen LogP contribution in [0.25, 0.3) is 16.7 Å². The molecule has 1 aromatic carbocycles. The Balaban J connectivity index is 1.27. The van der Waals surface area contributed by atoms with E-state index in [9.17, 15) is 14.3 Å². The molecule has 10 heteroatoms. The molecule has 37 heavy (non-hydrogen) atoms. The Morgan fingerprint density at radius 1 is 1.27 bits per heavy atom. The van der Waals surface area contributed by atoms with E-state index >= 15 is 0 Å². The molecule has 1 saturated carbocycles. The molecule has 1 atom stereocenters. The molecule has 2 fully saturated rings. The summed E-state index contributed by atoms with van der Waals surface area (Å²) in [6, 6.07) is 5.83. The van der Waals surface area contributed by atoms with Crippen molar-refractivity contribution < 1.29 is 19.1 Å². The molecule has 1 saturated heterocycles. The van der Waals surface area contributed by atoms with Gasteiger partial charge in [-0.3, -0.25) is 9.63 Å². The molecule has 9 nitrogen and oxygen atoms in total. The van der Waals surface area contributed by atoms with Gasteiger partial charge >= 0.3 is 0 Å². The number of nitrogens with one attached hydrogen (secondary N) is 1. The number of ketones is 1. The summed E-state index contributed by atoms with van der Waals surface area (Å²) in [5.74, 6) is 0.152. The van der Waals surface area contributed by atoms with Crippen LogP contribution in [-0.2, 0) is 17.9 Å². The van der Waals surface area contributed by atoms with Crippen LogP contribution in [0.2, 0.25) is 0 Å². The number of aryl methyl sites for hydroxylation is 2. The highest BCUT2D eigenvalue weighted by molar-refractivity contribution is 6.10. The van der Waals surface area contributed by atoms with Gasteiger partial charge in [0.15, 0.2) is 17.4 Å². The highest BCUT2D eigenvalue weighted by Crippen LogP contribution is 2.36. The predicted octanol–water partition coefficient (Wildman–Crippen LogP) is 4.13. The van der Waals surface area contributed by atoms with Crippen molar-refractivity contribution in [2.24, 2.45) is 5.92 Å². The van der Waals surface area contributed by atoms with Gasteiger partial charge in [-0.1, -0.05) is 0 Å². The molecule has 2 N–H and O–H groups in total. The van der Waals surface area contributed by atoms with Crippen molar-refractivity contribution in [2.75, 3.05) is 18.5 Å².